The Morgan fingerprint density at radius 3 is 2.38 bits per heavy atom. The summed E-state index contributed by atoms with van der Waals surface area (Å²) in [6.45, 7) is 10.4. The Balaban J connectivity index is 3.05. The van der Waals surface area contributed by atoms with Crippen LogP contribution in [0, 0.1) is 25.2 Å². The summed E-state index contributed by atoms with van der Waals surface area (Å²) < 4.78 is 5.89. The van der Waals surface area contributed by atoms with Crippen molar-refractivity contribution in [1.29, 1.82) is 5.26 Å². The fourth-order valence-electron chi connectivity index (χ4n) is 1.56. The SMILES string of the molecule is Cc1ccc(C)c(C(C#N)O[Si](C)(C)C)c1. The van der Waals surface area contributed by atoms with Gasteiger partial charge in [0, 0.05) is 0 Å². The van der Waals surface area contributed by atoms with Crippen LogP contribution < -0.4 is 0 Å². The summed E-state index contributed by atoms with van der Waals surface area (Å²) in [5.41, 5.74) is 3.29. The third kappa shape index (κ3) is 3.48. The minimum absolute atomic E-state index is 0.424. The predicted octanol–water partition coefficient (Wildman–Crippen LogP) is 3.72. The molecule has 0 aromatic heterocycles. The van der Waals surface area contributed by atoms with Crippen LogP contribution in [0.25, 0.3) is 0 Å². The zero-order chi connectivity index (χ0) is 12.3. The molecule has 1 aromatic rings. The summed E-state index contributed by atoms with van der Waals surface area (Å²) in [4.78, 5) is 0. The van der Waals surface area contributed by atoms with Gasteiger partial charge in [0.1, 0.15) is 0 Å². The molecule has 0 fully saturated rings. The molecule has 0 aliphatic carbocycles. The highest BCUT2D eigenvalue weighted by atomic mass is 28.4. The topological polar surface area (TPSA) is 33.0 Å². The molecule has 1 unspecified atom stereocenters. The molecule has 16 heavy (non-hydrogen) atoms. The van der Waals surface area contributed by atoms with E-state index in [1.165, 1.54) is 5.56 Å². The lowest BCUT2D eigenvalue weighted by molar-refractivity contribution is 0.254. The second-order valence-corrected chi connectivity index (χ2v) is 9.56. The second-order valence-electron chi connectivity index (χ2n) is 5.10. The maximum absolute atomic E-state index is 9.21. The van der Waals surface area contributed by atoms with Gasteiger partial charge in [-0.15, -0.1) is 0 Å². The van der Waals surface area contributed by atoms with Gasteiger partial charge in [-0.25, -0.2) is 0 Å². The van der Waals surface area contributed by atoms with Gasteiger partial charge in [0.2, 0.25) is 0 Å². The number of nitriles is 1. The normalized spacial score (nSPS) is 13.2. The van der Waals surface area contributed by atoms with Crippen molar-refractivity contribution in [2.24, 2.45) is 0 Å². The van der Waals surface area contributed by atoms with E-state index >= 15 is 0 Å². The van der Waals surface area contributed by atoms with Gasteiger partial charge in [-0.2, -0.15) is 5.26 Å². The Bertz CT molecular complexity index is 415. The van der Waals surface area contributed by atoms with Gasteiger partial charge in [0.25, 0.3) is 0 Å². The van der Waals surface area contributed by atoms with E-state index in [9.17, 15) is 5.26 Å². The van der Waals surface area contributed by atoms with Crippen molar-refractivity contribution in [3.63, 3.8) is 0 Å². The van der Waals surface area contributed by atoms with E-state index in [0.717, 1.165) is 11.1 Å². The lowest BCUT2D eigenvalue weighted by Crippen LogP contribution is -2.27. The number of aryl methyl sites for hydroxylation is 2. The van der Waals surface area contributed by atoms with Crippen LogP contribution in [0.4, 0.5) is 0 Å². The molecule has 1 aromatic carbocycles. The van der Waals surface area contributed by atoms with E-state index in [4.69, 9.17) is 4.43 Å². The first-order valence-corrected chi connectivity index (χ1v) is 8.89. The number of rotatable bonds is 3. The zero-order valence-corrected chi connectivity index (χ0v) is 11.7. The van der Waals surface area contributed by atoms with Gasteiger partial charge in [-0.3, -0.25) is 0 Å². The maximum Gasteiger partial charge on any atom is 0.186 e. The Labute approximate surface area is 99.0 Å². The fraction of sp³-hybridized carbons (Fsp3) is 0.462. The van der Waals surface area contributed by atoms with Crippen molar-refractivity contribution in [1.82, 2.24) is 0 Å². The third-order valence-corrected chi connectivity index (χ3v) is 3.25. The maximum atomic E-state index is 9.21. The van der Waals surface area contributed by atoms with Crippen LogP contribution in [0.5, 0.6) is 0 Å². The van der Waals surface area contributed by atoms with Gasteiger partial charge in [0.15, 0.2) is 14.4 Å². The summed E-state index contributed by atoms with van der Waals surface area (Å²) >= 11 is 0. The highest BCUT2D eigenvalue weighted by Crippen LogP contribution is 2.25. The van der Waals surface area contributed by atoms with Gasteiger partial charge in [-0.05, 0) is 44.6 Å². The molecule has 1 atom stereocenters. The molecule has 86 valence electrons. The van der Waals surface area contributed by atoms with E-state index in [1.807, 2.05) is 26.0 Å². The van der Waals surface area contributed by atoms with Crippen LogP contribution in [-0.2, 0) is 4.43 Å². The Hall–Kier alpha value is -1.11. The molecular formula is C13H19NOSi. The molecule has 1 rings (SSSR count). The van der Waals surface area contributed by atoms with E-state index in [2.05, 4.69) is 31.8 Å². The van der Waals surface area contributed by atoms with Crippen molar-refractivity contribution in [2.45, 2.75) is 39.6 Å². The van der Waals surface area contributed by atoms with Crippen LogP contribution in [-0.4, -0.2) is 8.32 Å². The summed E-state index contributed by atoms with van der Waals surface area (Å²) in [5, 5.41) is 9.21. The second kappa shape index (κ2) is 4.81. The first-order valence-electron chi connectivity index (χ1n) is 5.48. The molecule has 2 nitrogen and oxygen atoms in total. The number of nitrogens with zero attached hydrogens (tertiary/aromatic N) is 1. The molecule has 0 heterocycles. The number of hydrogen-bond donors (Lipinski definition) is 0. The van der Waals surface area contributed by atoms with Gasteiger partial charge >= 0.3 is 0 Å². The van der Waals surface area contributed by atoms with Crippen molar-refractivity contribution < 1.29 is 4.43 Å². The van der Waals surface area contributed by atoms with Crippen molar-refractivity contribution >= 4 is 8.32 Å². The smallest absolute Gasteiger partial charge is 0.186 e. The molecule has 0 spiro atoms. The minimum atomic E-state index is -1.69. The summed E-state index contributed by atoms with van der Waals surface area (Å²) in [6, 6.07) is 8.40. The Kier molecular flexibility index (Phi) is 3.90. The molecule has 0 saturated carbocycles. The highest BCUT2D eigenvalue weighted by Gasteiger charge is 2.23. The van der Waals surface area contributed by atoms with Crippen molar-refractivity contribution in [2.75, 3.05) is 0 Å². The molecule has 0 aliphatic rings. The highest BCUT2D eigenvalue weighted by molar-refractivity contribution is 6.69. The lowest BCUT2D eigenvalue weighted by Gasteiger charge is -2.23. The minimum Gasteiger partial charge on any atom is -0.399 e. The standard InChI is InChI=1S/C13H19NOSi/c1-10-6-7-11(2)12(8-10)13(9-14)15-16(3,4)5/h6-8,13H,1-5H3. The average Bonchev–Trinajstić information content (AvgIpc) is 2.17. The lowest BCUT2D eigenvalue weighted by atomic mass is 10.0. The summed E-state index contributed by atoms with van der Waals surface area (Å²) in [6.07, 6.45) is -0.424. The van der Waals surface area contributed by atoms with E-state index in [1.54, 1.807) is 0 Å². The monoisotopic (exact) mass is 233 g/mol. The predicted molar refractivity (Wildman–Crippen MR) is 68.7 cm³/mol. The van der Waals surface area contributed by atoms with Gasteiger partial charge < -0.3 is 4.43 Å². The molecule has 0 saturated heterocycles. The van der Waals surface area contributed by atoms with Crippen LogP contribution in [0.2, 0.25) is 19.6 Å². The Morgan fingerprint density at radius 2 is 1.88 bits per heavy atom. The van der Waals surface area contributed by atoms with E-state index < -0.39 is 14.4 Å². The number of benzene rings is 1. The van der Waals surface area contributed by atoms with Crippen molar-refractivity contribution in [3.8, 4) is 6.07 Å². The quantitative estimate of drug-likeness (QED) is 0.745. The van der Waals surface area contributed by atoms with E-state index in [0.29, 0.717) is 0 Å². The zero-order valence-electron chi connectivity index (χ0n) is 10.7. The molecule has 0 bridgehead atoms. The van der Waals surface area contributed by atoms with Gasteiger partial charge in [0.05, 0.1) is 6.07 Å². The molecular weight excluding hydrogens is 214 g/mol. The van der Waals surface area contributed by atoms with Crippen LogP contribution in [0.15, 0.2) is 18.2 Å². The van der Waals surface area contributed by atoms with Gasteiger partial charge in [-0.1, -0.05) is 23.8 Å². The average molecular weight is 233 g/mol. The summed E-state index contributed by atoms with van der Waals surface area (Å²) in [5.74, 6) is 0. The van der Waals surface area contributed by atoms with E-state index in [-0.39, 0.29) is 0 Å². The molecule has 3 heteroatoms. The first-order chi connectivity index (χ1) is 7.33. The molecule has 0 amide bonds. The number of hydrogen-bond acceptors (Lipinski definition) is 2. The largest absolute Gasteiger partial charge is 0.399 e. The molecule has 0 radical (unpaired) electrons. The fourth-order valence-corrected chi connectivity index (χ4v) is 2.44. The van der Waals surface area contributed by atoms with Crippen LogP contribution in [0.3, 0.4) is 0 Å². The van der Waals surface area contributed by atoms with Crippen LogP contribution in [0.1, 0.15) is 22.8 Å². The molecule has 0 N–H and O–H groups in total. The first kappa shape index (κ1) is 13.0. The Morgan fingerprint density at radius 1 is 1.25 bits per heavy atom. The molecule has 0 aliphatic heterocycles. The summed E-state index contributed by atoms with van der Waals surface area (Å²) in [7, 11) is -1.69. The third-order valence-electron chi connectivity index (χ3n) is 2.31. The van der Waals surface area contributed by atoms with Crippen LogP contribution >= 0.6 is 0 Å². The van der Waals surface area contributed by atoms with Crippen molar-refractivity contribution in [3.05, 3.63) is 34.9 Å².